The number of fused-ring (bicyclic) bond motifs is 1. The average molecular weight is 676 g/mol. The van der Waals surface area contributed by atoms with Crippen molar-refractivity contribution in [1.29, 1.82) is 0 Å². The highest BCUT2D eigenvalue weighted by atomic mass is 15.2. The molecule has 1 saturated heterocycles. The summed E-state index contributed by atoms with van der Waals surface area (Å²) >= 11 is 0. The number of hydrogen-bond donors (Lipinski definition) is 4. The molecule has 0 spiro atoms. The van der Waals surface area contributed by atoms with Crippen molar-refractivity contribution < 1.29 is 0 Å². The van der Waals surface area contributed by atoms with E-state index in [-0.39, 0.29) is 0 Å². The lowest BCUT2D eigenvalue weighted by Crippen LogP contribution is -2.24. The molecule has 0 amide bonds. The summed E-state index contributed by atoms with van der Waals surface area (Å²) < 4.78 is 0. The third kappa shape index (κ3) is 11.3. The number of aromatic nitrogens is 4. The molecule has 0 radical (unpaired) electrons. The number of nitrogens with one attached hydrogen (secondary N) is 4. The van der Waals surface area contributed by atoms with Gasteiger partial charge in [0.2, 0.25) is 0 Å². The Hall–Kier alpha value is -4.46. The van der Waals surface area contributed by atoms with Gasteiger partial charge in [0.15, 0.2) is 0 Å². The Morgan fingerprint density at radius 3 is 1.94 bits per heavy atom. The zero-order valence-electron chi connectivity index (χ0n) is 31.7. The quantitative estimate of drug-likeness (QED) is 0.0827. The lowest BCUT2D eigenvalue weighted by Gasteiger charge is -2.23. The van der Waals surface area contributed by atoms with Gasteiger partial charge in [-0.05, 0) is 85.2 Å². The summed E-state index contributed by atoms with van der Waals surface area (Å²) in [4.78, 5) is 18.7. The minimum absolute atomic E-state index is 0.308. The van der Waals surface area contributed by atoms with Gasteiger partial charge in [0.25, 0.3) is 0 Å². The number of rotatable bonds is 11. The average Bonchev–Trinajstić information content (AvgIpc) is 3.95. The molecule has 50 heavy (non-hydrogen) atoms. The molecule has 4 N–H and O–H groups in total. The van der Waals surface area contributed by atoms with Crippen molar-refractivity contribution in [2.24, 2.45) is 0 Å². The van der Waals surface area contributed by atoms with Crippen LogP contribution in [0.1, 0.15) is 97.4 Å². The molecule has 0 saturated carbocycles. The monoisotopic (exact) mass is 675 g/mol. The van der Waals surface area contributed by atoms with E-state index in [9.17, 15) is 0 Å². The molecular weight excluding hydrogens is 615 g/mol. The zero-order valence-corrected chi connectivity index (χ0v) is 31.7. The van der Waals surface area contributed by atoms with Crippen LogP contribution in [0.3, 0.4) is 0 Å². The van der Waals surface area contributed by atoms with Gasteiger partial charge in [-0.3, -0.25) is 4.90 Å². The number of imidazole rings is 2. The molecular formula is C43H61N7. The lowest BCUT2D eigenvalue weighted by molar-refractivity contribution is 0.242. The summed E-state index contributed by atoms with van der Waals surface area (Å²) in [5.41, 5.74) is 6.88. The summed E-state index contributed by atoms with van der Waals surface area (Å²) in [5, 5.41) is 8.81. The van der Waals surface area contributed by atoms with Crippen molar-refractivity contribution in [3.8, 4) is 33.6 Å². The van der Waals surface area contributed by atoms with Gasteiger partial charge in [-0.15, -0.1) is 6.58 Å². The Balaban J connectivity index is 0.000000492. The molecule has 1 fully saturated rings. The van der Waals surface area contributed by atoms with Crippen LogP contribution in [0, 0.1) is 0 Å². The van der Waals surface area contributed by atoms with Crippen LogP contribution in [0.4, 0.5) is 0 Å². The maximum Gasteiger partial charge on any atom is 0.123 e. The Morgan fingerprint density at radius 1 is 0.800 bits per heavy atom. The van der Waals surface area contributed by atoms with E-state index in [1.54, 1.807) is 12.3 Å². The molecule has 7 nitrogen and oxygen atoms in total. The molecule has 0 bridgehead atoms. The van der Waals surface area contributed by atoms with Gasteiger partial charge in [0.1, 0.15) is 11.6 Å². The van der Waals surface area contributed by atoms with E-state index < -0.39 is 0 Å². The van der Waals surface area contributed by atoms with Crippen LogP contribution in [0.2, 0.25) is 0 Å². The lowest BCUT2D eigenvalue weighted by atomic mass is 9.98. The van der Waals surface area contributed by atoms with Crippen molar-refractivity contribution >= 4 is 10.8 Å². The van der Waals surface area contributed by atoms with Crippen molar-refractivity contribution in [2.45, 2.75) is 85.7 Å². The van der Waals surface area contributed by atoms with Crippen molar-refractivity contribution in [3.63, 3.8) is 0 Å². The fourth-order valence-corrected chi connectivity index (χ4v) is 5.77. The molecule has 2 atom stereocenters. The molecule has 6 rings (SSSR count). The number of benzene rings is 3. The predicted molar refractivity (Wildman–Crippen MR) is 216 cm³/mol. The number of aromatic amines is 2. The zero-order chi connectivity index (χ0) is 36.3. The summed E-state index contributed by atoms with van der Waals surface area (Å²) in [7, 11) is 2.15. The highest BCUT2D eigenvalue weighted by molar-refractivity contribution is 5.90. The molecule has 3 aromatic carbocycles. The predicted octanol–water partition coefficient (Wildman–Crippen LogP) is 10.9. The second-order valence-electron chi connectivity index (χ2n) is 12.7. The fraction of sp³-hybridized carbons (Fsp3) is 0.395. The van der Waals surface area contributed by atoms with Crippen LogP contribution >= 0.6 is 0 Å². The van der Waals surface area contributed by atoms with E-state index >= 15 is 0 Å². The van der Waals surface area contributed by atoms with E-state index in [0.717, 1.165) is 66.6 Å². The molecule has 268 valence electrons. The highest BCUT2D eigenvalue weighted by Crippen LogP contribution is 2.31. The second-order valence-corrected chi connectivity index (χ2v) is 12.7. The summed E-state index contributed by atoms with van der Waals surface area (Å²) in [6, 6.07) is 22.8. The third-order valence-corrected chi connectivity index (χ3v) is 8.40. The van der Waals surface area contributed by atoms with Crippen LogP contribution in [0.15, 0.2) is 98.5 Å². The van der Waals surface area contributed by atoms with Gasteiger partial charge in [-0.1, -0.05) is 116 Å². The van der Waals surface area contributed by atoms with E-state index in [1.165, 1.54) is 41.2 Å². The van der Waals surface area contributed by atoms with Crippen molar-refractivity contribution in [1.82, 2.24) is 35.5 Å². The van der Waals surface area contributed by atoms with E-state index in [4.69, 9.17) is 4.98 Å². The molecule has 7 heteroatoms. The first-order chi connectivity index (χ1) is 24.4. The normalized spacial score (nSPS) is 14.0. The first kappa shape index (κ1) is 40.0. The van der Waals surface area contributed by atoms with Gasteiger partial charge in [-0.2, -0.15) is 0 Å². The fourth-order valence-electron chi connectivity index (χ4n) is 5.77. The molecule has 0 aliphatic carbocycles. The van der Waals surface area contributed by atoms with Gasteiger partial charge in [0, 0.05) is 12.1 Å². The van der Waals surface area contributed by atoms with E-state index in [0.29, 0.717) is 12.1 Å². The first-order valence-corrected chi connectivity index (χ1v) is 18.5. The van der Waals surface area contributed by atoms with Crippen LogP contribution in [-0.4, -0.2) is 51.5 Å². The van der Waals surface area contributed by atoms with Gasteiger partial charge in [-0.25, -0.2) is 9.97 Å². The summed E-state index contributed by atoms with van der Waals surface area (Å²) in [6.07, 6.45) is 13.2. The summed E-state index contributed by atoms with van der Waals surface area (Å²) in [6.45, 7) is 22.7. The third-order valence-electron chi connectivity index (χ3n) is 8.40. The highest BCUT2D eigenvalue weighted by Gasteiger charge is 2.19. The maximum absolute atomic E-state index is 4.71. The molecule has 2 unspecified atom stereocenters. The Morgan fingerprint density at radius 2 is 1.38 bits per heavy atom. The molecule has 5 aromatic rings. The number of nitrogens with zero attached hydrogens (tertiary/aromatic N) is 3. The smallest absolute Gasteiger partial charge is 0.123 e. The molecule has 1 aliphatic heterocycles. The molecule has 2 aromatic heterocycles. The molecule has 3 heterocycles. The summed E-state index contributed by atoms with van der Waals surface area (Å²) in [5.74, 6) is 2.08. The van der Waals surface area contributed by atoms with Crippen molar-refractivity contribution in [3.05, 3.63) is 110 Å². The van der Waals surface area contributed by atoms with E-state index in [2.05, 4.69) is 153 Å². The first-order valence-electron chi connectivity index (χ1n) is 18.5. The van der Waals surface area contributed by atoms with Crippen LogP contribution < -0.4 is 10.6 Å². The second kappa shape index (κ2) is 21.6. The SMILES string of the molecule is C=CCNC=C.CCC.CCC.CCC(c1ncc(-c2ccc3cc(-c4ccc(-c5cnc(C6CCCN6)[nH]5)cc4)ccc3c2)[nH]1)N(C)CC. The van der Waals surface area contributed by atoms with E-state index in [1.807, 2.05) is 12.4 Å². The molecule has 1 aliphatic rings. The minimum atomic E-state index is 0.308. The van der Waals surface area contributed by atoms with Crippen LogP contribution in [0.5, 0.6) is 0 Å². The van der Waals surface area contributed by atoms with Gasteiger partial charge in [0.05, 0.1) is 35.9 Å². The largest absolute Gasteiger partial charge is 0.388 e. The Labute approximate surface area is 301 Å². The topological polar surface area (TPSA) is 84.7 Å². The minimum Gasteiger partial charge on any atom is -0.388 e. The standard InChI is InChI=1S/C32H36N6.C5H9N.2C3H8/c1-4-30(38(3)5-2)32-35-20-29(37-32)26-15-14-24-17-23(12-13-25(24)18-26)21-8-10-22(11-9-21)28-19-34-31(36-28)27-7-6-16-33-27;1-3-5-6-4-2;2*1-3-2/h8-15,17-20,27,30,33H,4-7,16H2,1-3H3,(H,34,36)(H,35,37);3-4,6H,1-2,5H2;2*3H2,1-2H3. The Kier molecular flexibility index (Phi) is 17.3. The van der Waals surface area contributed by atoms with Gasteiger partial charge < -0.3 is 20.6 Å². The van der Waals surface area contributed by atoms with Crippen LogP contribution in [0.25, 0.3) is 44.4 Å². The van der Waals surface area contributed by atoms with Crippen molar-refractivity contribution in [2.75, 3.05) is 26.7 Å². The number of H-pyrrole nitrogens is 2. The van der Waals surface area contributed by atoms with Crippen LogP contribution in [-0.2, 0) is 0 Å². The maximum atomic E-state index is 4.71. The number of hydrogen-bond acceptors (Lipinski definition) is 5. The Bertz CT molecular complexity index is 1680. The van der Waals surface area contributed by atoms with Gasteiger partial charge >= 0.3 is 0 Å².